The van der Waals surface area contributed by atoms with Gasteiger partial charge in [0, 0.05) is 29.6 Å². The van der Waals surface area contributed by atoms with Crippen LogP contribution in [-0.2, 0) is 0 Å². The van der Waals surface area contributed by atoms with Gasteiger partial charge in [-0.15, -0.1) is 0 Å². The first-order valence-corrected chi connectivity index (χ1v) is 10.4. The number of nitrogens with zero attached hydrogens (tertiary/aromatic N) is 3. The zero-order valence-corrected chi connectivity index (χ0v) is 15.9. The third-order valence-electron chi connectivity index (χ3n) is 4.78. The molecule has 2 fully saturated rings. The van der Waals surface area contributed by atoms with Crippen LogP contribution in [0.1, 0.15) is 30.0 Å². The maximum absolute atomic E-state index is 13.3. The van der Waals surface area contributed by atoms with E-state index in [1.807, 2.05) is 0 Å². The van der Waals surface area contributed by atoms with Crippen molar-refractivity contribution in [2.45, 2.75) is 23.8 Å². The minimum atomic E-state index is -0.363. The van der Waals surface area contributed by atoms with Crippen LogP contribution in [0.5, 0.6) is 0 Å². The molecular formula is C18H17ClFN3S2. The van der Waals surface area contributed by atoms with Gasteiger partial charge in [-0.3, -0.25) is 0 Å². The smallest absolute Gasteiger partial charge is 0.134 e. The summed E-state index contributed by atoms with van der Waals surface area (Å²) in [6.45, 7) is 3.53. The summed E-state index contributed by atoms with van der Waals surface area (Å²) in [5, 5.41) is 1.38. The Morgan fingerprint density at radius 3 is 3.08 bits per heavy atom. The Balaban J connectivity index is 1.41. The van der Waals surface area contributed by atoms with Crippen molar-refractivity contribution in [3.63, 3.8) is 0 Å². The second-order valence-electron chi connectivity index (χ2n) is 6.47. The SMILES string of the molecule is Fc1cc(Cl)cc(C#CCSc2nsnc2[C@H]2CN3CCC[C@H]2C3)c1. The van der Waals surface area contributed by atoms with Crippen LogP contribution in [0.2, 0.25) is 5.02 Å². The van der Waals surface area contributed by atoms with Gasteiger partial charge in [-0.25, -0.2) is 4.39 Å². The summed E-state index contributed by atoms with van der Waals surface area (Å²) >= 11 is 8.76. The van der Waals surface area contributed by atoms with Crippen molar-refractivity contribution in [3.8, 4) is 11.8 Å². The summed E-state index contributed by atoms with van der Waals surface area (Å²) in [4.78, 5) is 2.54. The molecule has 0 N–H and O–H groups in total. The fourth-order valence-electron chi connectivity index (χ4n) is 3.70. The van der Waals surface area contributed by atoms with Crippen LogP contribution < -0.4 is 0 Å². The Kier molecular flexibility index (Phi) is 5.28. The summed E-state index contributed by atoms with van der Waals surface area (Å²) < 4.78 is 22.4. The van der Waals surface area contributed by atoms with Gasteiger partial charge < -0.3 is 4.90 Å². The van der Waals surface area contributed by atoms with Crippen molar-refractivity contribution in [1.82, 2.24) is 13.6 Å². The number of aromatic nitrogens is 2. The first-order chi connectivity index (χ1) is 12.2. The molecule has 3 atom stereocenters. The minimum absolute atomic E-state index is 0.363. The predicted octanol–water partition coefficient (Wildman–Crippen LogP) is 4.28. The van der Waals surface area contributed by atoms with E-state index in [-0.39, 0.29) is 5.82 Å². The van der Waals surface area contributed by atoms with Crippen molar-refractivity contribution in [1.29, 1.82) is 0 Å². The average Bonchev–Trinajstić information content (AvgIpc) is 3.14. The van der Waals surface area contributed by atoms with E-state index in [2.05, 4.69) is 25.5 Å². The molecule has 0 saturated carbocycles. The van der Waals surface area contributed by atoms with Crippen LogP contribution >= 0.6 is 35.1 Å². The van der Waals surface area contributed by atoms with E-state index in [0.29, 0.717) is 22.3 Å². The molecule has 2 aliphatic heterocycles. The Bertz CT molecular complexity index is 809. The lowest BCUT2D eigenvalue weighted by molar-refractivity contribution is 0.269. The highest BCUT2D eigenvalue weighted by molar-refractivity contribution is 7.99. The maximum atomic E-state index is 13.3. The molecule has 2 aromatic rings. The van der Waals surface area contributed by atoms with Crippen molar-refractivity contribution in [2.24, 2.45) is 5.92 Å². The Hall–Kier alpha value is -1.13. The van der Waals surface area contributed by atoms with Gasteiger partial charge in [-0.2, -0.15) is 8.75 Å². The lowest BCUT2D eigenvalue weighted by Gasteiger charge is -2.21. The van der Waals surface area contributed by atoms with Gasteiger partial charge in [0.25, 0.3) is 0 Å². The standard InChI is InChI=1S/C18H17ClFN3S2/c19-14-7-12(8-15(20)9-14)3-2-6-24-18-17(21-25-22-18)16-11-23-5-1-4-13(16)10-23/h7-9,13,16H,1,4-6,10-11H2/t13-,16-/m0/s1. The molecular weight excluding hydrogens is 377 g/mol. The molecule has 25 heavy (non-hydrogen) atoms. The largest absolute Gasteiger partial charge is 0.302 e. The molecule has 130 valence electrons. The van der Waals surface area contributed by atoms with Crippen LogP contribution in [0.3, 0.4) is 0 Å². The number of piperidine rings is 1. The maximum Gasteiger partial charge on any atom is 0.134 e. The fraction of sp³-hybridized carbons (Fsp3) is 0.444. The second-order valence-corrected chi connectivity index (χ2v) is 8.40. The lowest BCUT2D eigenvalue weighted by Crippen LogP contribution is -2.25. The molecule has 1 aromatic carbocycles. The zero-order valence-electron chi connectivity index (χ0n) is 13.5. The second kappa shape index (κ2) is 7.63. The van der Waals surface area contributed by atoms with E-state index in [1.165, 1.54) is 49.8 Å². The molecule has 2 bridgehead atoms. The van der Waals surface area contributed by atoms with E-state index < -0.39 is 0 Å². The van der Waals surface area contributed by atoms with Crippen molar-refractivity contribution >= 4 is 35.1 Å². The van der Waals surface area contributed by atoms with Crippen LogP contribution in [0.15, 0.2) is 23.2 Å². The average molecular weight is 394 g/mol. The van der Waals surface area contributed by atoms with Gasteiger partial charge in [-0.1, -0.05) is 35.2 Å². The summed E-state index contributed by atoms with van der Waals surface area (Å²) in [6.07, 6.45) is 2.59. The number of thioether (sulfide) groups is 1. The van der Waals surface area contributed by atoms with E-state index in [4.69, 9.17) is 11.6 Å². The minimum Gasteiger partial charge on any atom is -0.302 e. The molecule has 0 spiro atoms. The Labute approximate surface area is 160 Å². The lowest BCUT2D eigenvalue weighted by atomic mass is 9.89. The number of halogens is 2. The molecule has 7 heteroatoms. The zero-order chi connectivity index (χ0) is 17.2. The molecule has 1 unspecified atom stereocenters. The Morgan fingerprint density at radius 2 is 2.24 bits per heavy atom. The number of benzene rings is 1. The van der Waals surface area contributed by atoms with Crippen molar-refractivity contribution < 1.29 is 4.39 Å². The normalized spacial score (nSPS) is 24.8. The highest BCUT2D eigenvalue weighted by Gasteiger charge is 2.38. The Morgan fingerprint density at radius 1 is 1.32 bits per heavy atom. The monoisotopic (exact) mass is 393 g/mol. The molecule has 1 aromatic heterocycles. The van der Waals surface area contributed by atoms with Gasteiger partial charge in [0.1, 0.15) is 10.8 Å². The van der Waals surface area contributed by atoms with Crippen LogP contribution in [-0.4, -0.2) is 39.0 Å². The molecule has 0 aliphatic carbocycles. The quantitative estimate of drug-likeness (QED) is 0.574. The highest BCUT2D eigenvalue weighted by Crippen LogP contribution is 2.41. The number of hydrogen-bond donors (Lipinski definition) is 0. The summed E-state index contributed by atoms with van der Waals surface area (Å²) in [6, 6.07) is 4.35. The summed E-state index contributed by atoms with van der Waals surface area (Å²) in [5.41, 5.74) is 1.75. The molecule has 0 amide bonds. The van der Waals surface area contributed by atoms with E-state index in [9.17, 15) is 4.39 Å². The third kappa shape index (κ3) is 4.01. The first-order valence-electron chi connectivity index (χ1n) is 8.31. The molecule has 4 rings (SSSR count). The van der Waals surface area contributed by atoms with Crippen LogP contribution in [0.25, 0.3) is 0 Å². The van der Waals surface area contributed by atoms with E-state index in [1.54, 1.807) is 17.8 Å². The number of hydrogen-bond acceptors (Lipinski definition) is 5. The molecule has 0 radical (unpaired) electrons. The van der Waals surface area contributed by atoms with Gasteiger partial charge in [0.05, 0.1) is 23.2 Å². The van der Waals surface area contributed by atoms with E-state index in [0.717, 1.165) is 23.2 Å². The topological polar surface area (TPSA) is 29.0 Å². The summed E-state index contributed by atoms with van der Waals surface area (Å²) in [7, 11) is 0. The van der Waals surface area contributed by atoms with Crippen molar-refractivity contribution in [3.05, 3.63) is 40.3 Å². The summed E-state index contributed by atoms with van der Waals surface area (Å²) in [5.74, 6) is 7.51. The fourth-order valence-corrected chi connectivity index (χ4v) is 5.44. The molecule has 2 aliphatic rings. The molecule has 2 saturated heterocycles. The van der Waals surface area contributed by atoms with Gasteiger partial charge in [0.2, 0.25) is 0 Å². The van der Waals surface area contributed by atoms with Gasteiger partial charge in [-0.05, 0) is 43.5 Å². The van der Waals surface area contributed by atoms with Crippen molar-refractivity contribution in [2.75, 3.05) is 25.4 Å². The molecule has 3 heterocycles. The molecule has 3 nitrogen and oxygen atoms in total. The first kappa shape index (κ1) is 17.3. The van der Waals surface area contributed by atoms with Gasteiger partial charge >= 0.3 is 0 Å². The predicted molar refractivity (Wildman–Crippen MR) is 101 cm³/mol. The number of rotatable bonds is 3. The van der Waals surface area contributed by atoms with Gasteiger partial charge in [0.15, 0.2) is 0 Å². The highest BCUT2D eigenvalue weighted by atomic mass is 35.5. The number of fused-ring (bicyclic) bond motifs is 2. The van der Waals surface area contributed by atoms with E-state index >= 15 is 0 Å². The third-order valence-corrected chi connectivity index (χ3v) is 6.51. The van der Waals surface area contributed by atoms with Crippen LogP contribution in [0, 0.1) is 23.6 Å². The van der Waals surface area contributed by atoms with Crippen LogP contribution in [0.4, 0.5) is 4.39 Å².